The summed E-state index contributed by atoms with van der Waals surface area (Å²) in [5.74, 6) is -2.77. The van der Waals surface area contributed by atoms with Crippen molar-refractivity contribution in [2.24, 2.45) is 0 Å². The zero-order valence-electron chi connectivity index (χ0n) is 17.9. The van der Waals surface area contributed by atoms with Gasteiger partial charge in [0.2, 0.25) is 0 Å². The molecule has 8 heteroatoms. The monoisotopic (exact) mass is 438 g/mol. The number of carboxylic acid groups (broad SMARTS) is 1. The molecule has 2 aromatic carbocycles. The quantitative estimate of drug-likeness (QED) is 0.387. The highest BCUT2D eigenvalue weighted by Crippen LogP contribution is 2.10. The standard InChI is InChI=1S/C24H26N2O6/c1-16(25-22(29)18-9-5-3-6-10-18)13-20(14-21(27)28)24(31)32-15-17(2)26-23(30)19-11-7-4-8-12-19/h3-12,14,16-17H,13,15H2,1-2H3,(H,25,29)(H,26,30)(H,27,28)/t16-,17-/m0/s1. The molecule has 2 amide bonds. The maximum Gasteiger partial charge on any atom is 0.334 e. The molecule has 0 unspecified atom stereocenters. The van der Waals surface area contributed by atoms with Crippen LogP contribution in [0.3, 0.4) is 0 Å². The van der Waals surface area contributed by atoms with Gasteiger partial charge in [-0.25, -0.2) is 9.59 Å². The Labute approximate surface area is 186 Å². The number of hydrogen-bond donors (Lipinski definition) is 3. The summed E-state index contributed by atoms with van der Waals surface area (Å²) in [7, 11) is 0. The van der Waals surface area contributed by atoms with Gasteiger partial charge in [0, 0.05) is 28.8 Å². The summed E-state index contributed by atoms with van der Waals surface area (Å²) in [5.41, 5.74) is 0.828. The molecule has 0 aliphatic carbocycles. The second-order valence-corrected chi connectivity index (χ2v) is 7.29. The smallest absolute Gasteiger partial charge is 0.334 e. The molecule has 32 heavy (non-hydrogen) atoms. The molecule has 2 aromatic rings. The lowest BCUT2D eigenvalue weighted by atomic mass is 10.1. The Morgan fingerprint density at radius 3 is 1.78 bits per heavy atom. The van der Waals surface area contributed by atoms with Crippen LogP contribution in [0.5, 0.6) is 0 Å². The minimum absolute atomic E-state index is 0.0333. The van der Waals surface area contributed by atoms with E-state index < -0.39 is 24.0 Å². The molecule has 3 N–H and O–H groups in total. The fourth-order valence-corrected chi connectivity index (χ4v) is 2.86. The van der Waals surface area contributed by atoms with Crippen LogP contribution in [0.2, 0.25) is 0 Å². The van der Waals surface area contributed by atoms with Gasteiger partial charge in [0.25, 0.3) is 11.8 Å². The first-order chi connectivity index (χ1) is 15.3. The molecule has 168 valence electrons. The van der Waals surface area contributed by atoms with Gasteiger partial charge < -0.3 is 20.5 Å². The van der Waals surface area contributed by atoms with Gasteiger partial charge in [-0.15, -0.1) is 0 Å². The predicted octanol–water partition coefficient (Wildman–Crippen LogP) is 2.57. The maximum absolute atomic E-state index is 12.5. The van der Waals surface area contributed by atoms with E-state index in [0.29, 0.717) is 11.1 Å². The molecule has 0 spiro atoms. The van der Waals surface area contributed by atoms with Crippen LogP contribution in [0, 0.1) is 0 Å². The fourth-order valence-electron chi connectivity index (χ4n) is 2.86. The largest absolute Gasteiger partial charge is 0.478 e. The molecular formula is C24H26N2O6. The van der Waals surface area contributed by atoms with Crippen LogP contribution in [0.1, 0.15) is 41.0 Å². The first-order valence-electron chi connectivity index (χ1n) is 10.1. The lowest BCUT2D eigenvalue weighted by Crippen LogP contribution is -2.37. The number of carbonyl (C=O) groups excluding carboxylic acids is 3. The molecule has 0 radical (unpaired) electrons. The van der Waals surface area contributed by atoms with E-state index in [-0.39, 0.29) is 30.4 Å². The third-order valence-electron chi connectivity index (χ3n) is 4.38. The van der Waals surface area contributed by atoms with E-state index >= 15 is 0 Å². The van der Waals surface area contributed by atoms with Gasteiger partial charge in [0.15, 0.2) is 0 Å². The van der Waals surface area contributed by atoms with Crippen molar-refractivity contribution < 1.29 is 29.0 Å². The van der Waals surface area contributed by atoms with Gasteiger partial charge in [0.1, 0.15) is 6.61 Å². The summed E-state index contributed by atoms with van der Waals surface area (Å²) in [6.07, 6.45) is 0.731. The Kier molecular flexibility index (Phi) is 9.16. The molecule has 8 nitrogen and oxygen atoms in total. The third kappa shape index (κ3) is 8.06. The fraction of sp³-hybridized carbons (Fsp3) is 0.250. The van der Waals surface area contributed by atoms with E-state index in [9.17, 15) is 19.2 Å². The number of carboxylic acids is 1. The molecule has 0 bridgehead atoms. The summed E-state index contributed by atoms with van der Waals surface area (Å²) in [4.78, 5) is 48.0. The Balaban J connectivity index is 1.91. The summed E-state index contributed by atoms with van der Waals surface area (Å²) in [5, 5.41) is 14.5. The Morgan fingerprint density at radius 1 is 0.844 bits per heavy atom. The highest BCUT2D eigenvalue weighted by molar-refractivity contribution is 5.97. The van der Waals surface area contributed by atoms with Crippen molar-refractivity contribution in [2.75, 3.05) is 6.61 Å². The van der Waals surface area contributed by atoms with Crippen molar-refractivity contribution >= 4 is 23.8 Å². The van der Waals surface area contributed by atoms with Crippen molar-refractivity contribution in [3.63, 3.8) is 0 Å². The lowest BCUT2D eigenvalue weighted by molar-refractivity contribution is -0.140. The summed E-state index contributed by atoms with van der Waals surface area (Å²) in [6, 6.07) is 16.1. The minimum atomic E-state index is -1.30. The molecule has 0 heterocycles. The molecular weight excluding hydrogens is 412 g/mol. The van der Waals surface area contributed by atoms with Crippen LogP contribution in [-0.4, -0.2) is 47.6 Å². The van der Waals surface area contributed by atoms with Crippen molar-refractivity contribution in [1.29, 1.82) is 0 Å². The van der Waals surface area contributed by atoms with Crippen LogP contribution in [0.4, 0.5) is 0 Å². The Bertz CT molecular complexity index is 972. The van der Waals surface area contributed by atoms with E-state index in [2.05, 4.69) is 10.6 Å². The number of esters is 1. The first-order valence-corrected chi connectivity index (χ1v) is 10.1. The number of aliphatic carboxylic acids is 1. The van der Waals surface area contributed by atoms with E-state index in [1.807, 2.05) is 0 Å². The minimum Gasteiger partial charge on any atom is -0.478 e. The number of benzene rings is 2. The SMILES string of the molecule is C[C@@H](COC(=O)C(=CC(=O)O)C[C@H](C)NC(=O)c1ccccc1)NC(=O)c1ccccc1. The molecule has 0 saturated carbocycles. The summed E-state index contributed by atoms with van der Waals surface area (Å²) in [6.45, 7) is 3.18. The van der Waals surface area contributed by atoms with Crippen LogP contribution in [-0.2, 0) is 14.3 Å². The van der Waals surface area contributed by atoms with Gasteiger partial charge in [-0.3, -0.25) is 9.59 Å². The van der Waals surface area contributed by atoms with Gasteiger partial charge in [-0.05, 0) is 44.5 Å². The van der Waals surface area contributed by atoms with Crippen LogP contribution >= 0.6 is 0 Å². The second kappa shape index (κ2) is 12.0. The highest BCUT2D eigenvalue weighted by atomic mass is 16.5. The Hall–Kier alpha value is -3.94. The first kappa shape index (κ1) is 24.3. The predicted molar refractivity (Wildman–Crippen MR) is 118 cm³/mol. The number of carbonyl (C=O) groups is 4. The third-order valence-corrected chi connectivity index (χ3v) is 4.38. The average molecular weight is 438 g/mol. The van der Waals surface area contributed by atoms with E-state index in [1.165, 1.54) is 0 Å². The highest BCUT2D eigenvalue weighted by Gasteiger charge is 2.20. The van der Waals surface area contributed by atoms with Crippen LogP contribution in [0.25, 0.3) is 0 Å². The summed E-state index contributed by atoms with van der Waals surface area (Å²) < 4.78 is 5.20. The van der Waals surface area contributed by atoms with E-state index in [0.717, 1.165) is 6.08 Å². The number of ether oxygens (including phenoxy) is 1. The van der Waals surface area contributed by atoms with Crippen molar-refractivity contribution in [3.8, 4) is 0 Å². The Morgan fingerprint density at radius 2 is 1.31 bits per heavy atom. The van der Waals surface area contributed by atoms with Gasteiger partial charge in [-0.2, -0.15) is 0 Å². The molecule has 0 aromatic heterocycles. The molecule has 0 saturated heterocycles. The van der Waals surface area contributed by atoms with Crippen LogP contribution in [0.15, 0.2) is 72.3 Å². The van der Waals surface area contributed by atoms with Gasteiger partial charge in [0.05, 0.1) is 6.04 Å². The van der Waals surface area contributed by atoms with Gasteiger partial charge >= 0.3 is 11.9 Å². The average Bonchev–Trinajstić information content (AvgIpc) is 2.77. The topological polar surface area (TPSA) is 122 Å². The maximum atomic E-state index is 12.5. The zero-order valence-corrected chi connectivity index (χ0v) is 17.9. The number of amides is 2. The molecule has 0 aliphatic heterocycles. The molecule has 2 rings (SSSR count). The number of rotatable bonds is 10. The zero-order chi connectivity index (χ0) is 23.5. The number of hydrogen-bond acceptors (Lipinski definition) is 5. The van der Waals surface area contributed by atoms with E-state index in [1.54, 1.807) is 74.5 Å². The molecule has 0 fully saturated rings. The van der Waals surface area contributed by atoms with Crippen molar-refractivity contribution in [3.05, 3.63) is 83.4 Å². The molecule has 0 aliphatic rings. The van der Waals surface area contributed by atoms with Crippen molar-refractivity contribution in [2.45, 2.75) is 32.4 Å². The van der Waals surface area contributed by atoms with Gasteiger partial charge in [-0.1, -0.05) is 36.4 Å². The normalized spacial score (nSPS) is 12.9. The second-order valence-electron chi connectivity index (χ2n) is 7.29. The summed E-state index contributed by atoms with van der Waals surface area (Å²) >= 11 is 0. The van der Waals surface area contributed by atoms with E-state index in [4.69, 9.17) is 9.84 Å². The molecule has 2 atom stereocenters. The lowest BCUT2D eigenvalue weighted by Gasteiger charge is -2.17. The number of nitrogens with one attached hydrogen (secondary N) is 2. The van der Waals surface area contributed by atoms with Crippen molar-refractivity contribution in [1.82, 2.24) is 10.6 Å². The van der Waals surface area contributed by atoms with Crippen LogP contribution < -0.4 is 10.6 Å².